The molecule has 0 aliphatic heterocycles. The highest BCUT2D eigenvalue weighted by Crippen LogP contribution is 1.63. The lowest BCUT2D eigenvalue weighted by Crippen LogP contribution is -1.72. The second-order valence-electron chi connectivity index (χ2n) is 0.547. The van der Waals surface area contributed by atoms with E-state index in [1.165, 1.54) is 0 Å². The Labute approximate surface area is 31.4 Å². The van der Waals surface area contributed by atoms with Gasteiger partial charge >= 0.3 is 0 Å². The smallest absolute Gasteiger partial charge is 0.114 e. The molecule has 0 spiro atoms. The lowest BCUT2D eigenvalue weighted by Gasteiger charge is -1.82. The van der Waals surface area contributed by atoms with Gasteiger partial charge in [0.2, 0.25) is 0 Å². The zero-order chi connectivity index (χ0) is 4.12. The molecule has 0 saturated heterocycles. The van der Waals surface area contributed by atoms with Crippen LogP contribution in [0.25, 0.3) is 0 Å². The zero-order valence-corrected chi connectivity index (χ0v) is 3.27. The van der Waals surface area contributed by atoms with Crippen LogP contribution in [0.15, 0.2) is 5.16 Å². The van der Waals surface area contributed by atoms with E-state index in [1.807, 2.05) is 6.92 Å². The van der Waals surface area contributed by atoms with E-state index in [-0.39, 0.29) is 0 Å². The van der Waals surface area contributed by atoms with Gasteiger partial charge < -0.3 is 4.84 Å². The summed E-state index contributed by atoms with van der Waals surface area (Å²) in [7, 11) is 0. The third-order valence-corrected chi connectivity index (χ3v) is 0.220. The predicted octanol–water partition coefficient (Wildman–Crippen LogP) is 0.639. The molecule has 0 atom stereocenters. The van der Waals surface area contributed by atoms with Crippen LogP contribution >= 0.6 is 0 Å². The lowest BCUT2D eigenvalue weighted by atomic mass is 10.9. The van der Waals surface area contributed by atoms with Crippen LogP contribution in [0.4, 0.5) is 0 Å². The second-order valence-corrected chi connectivity index (χ2v) is 0.547. The van der Waals surface area contributed by atoms with Gasteiger partial charge in [0.1, 0.15) is 6.61 Å². The van der Waals surface area contributed by atoms with Crippen molar-refractivity contribution in [1.82, 2.24) is 0 Å². The maximum absolute atomic E-state index is 4.35. The molecule has 0 fully saturated rings. The van der Waals surface area contributed by atoms with Gasteiger partial charge in [-0.3, -0.25) is 0 Å². The summed E-state index contributed by atoms with van der Waals surface area (Å²) >= 11 is 0. The highest BCUT2D eigenvalue weighted by Gasteiger charge is 1.57. The summed E-state index contributed by atoms with van der Waals surface area (Å²) in [5.41, 5.74) is 0. The van der Waals surface area contributed by atoms with E-state index in [1.54, 1.807) is 0 Å². The molecule has 5 heavy (non-hydrogen) atoms. The summed E-state index contributed by atoms with van der Waals surface area (Å²) in [6.45, 7) is 5.55. The zero-order valence-electron chi connectivity index (χ0n) is 3.27. The molecule has 0 radical (unpaired) electrons. The van der Waals surface area contributed by atoms with Crippen molar-refractivity contribution >= 4 is 6.72 Å². The summed E-state index contributed by atoms with van der Waals surface area (Å²) in [6.07, 6.45) is 0. The minimum Gasteiger partial charge on any atom is -0.397 e. The van der Waals surface area contributed by atoms with E-state index in [0.717, 1.165) is 0 Å². The fourth-order valence-corrected chi connectivity index (χ4v) is 0.0913. The van der Waals surface area contributed by atoms with Crippen molar-refractivity contribution < 1.29 is 4.84 Å². The molecule has 0 aromatic rings. The van der Waals surface area contributed by atoms with Crippen LogP contribution in [0.2, 0.25) is 0 Å². The van der Waals surface area contributed by atoms with Crippen molar-refractivity contribution in [3.8, 4) is 0 Å². The molecule has 0 aromatic heterocycles. The third kappa shape index (κ3) is 3.47. The monoisotopic (exact) mass is 73.1 g/mol. The Kier molecular flexibility index (Phi) is 3.10. The summed E-state index contributed by atoms with van der Waals surface area (Å²) in [5.74, 6) is 0. The Morgan fingerprint density at radius 1 is 2.00 bits per heavy atom. The quantitative estimate of drug-likeness (QED) is 0.347. The largest absolute Gasteiger partial charge is 0.397 e. The van der Waals surface area contributed by atoms with Crippen LogP contribution < -0.4 is 0 Å². The van der Waals surface area contributed by atoms with Crippen LogP contribution in [-0.2, 0) is 4.84 Å². The van der Waals surface area contributed by atoms with Gasteiger partial charge in [0, 0.05) is 6.72 Å². The predicted molar refractivity (Wildman–Crippen MR) is 21.2 cm³/mol. The minimum atomic E-state index is 0.615. The Bertz CT molecular complexity index is 28.1. The number of rotatable bonds is 2. The minimum absolute atomic E-state index is 0.615. The molecule has 0 bridgehead atoms. The van der Waals surface area contributed by atoms with Crippen molar-refractivity contribution in [3.05, 3.63) is 0 Å². The highest BCUT2D eigenvalue weighted by atomic mass is 16.6. The van der Waals surface area contributed by atoms with Gasteiger partial charge in [-0.05, 0) is 6.92 Å². The molecule has 0 unspecified atom stereocenters. The molecule has 0 heterocycles. The first-order chi connectivity index (χ1) is 2.41. The standard InChI is InChI=1S/C3H7NO/c1-3-5-4-2/h2-3H2,1H3. The number of oxime groups is 1. The van der Waals surface area contributed by atoms with Crippen LogP contribution in [0.1, 0.15) is 6.92 Å². The van der Waals surface area contributed by atoms with E-state index in [0.29, 0.717) is 6.61 Å². The van der Waals surface area contributed by atoms with E-state index < -0.39 is 0 Å². The van der Waals surface area contributed by atoms with Crippen LogP contribution in [0, 0.1) is 0 Å². The first-order valence-corrected chi connectivity index (χ1v) is 1.49. The molecule has 30 valence electrons. The summed E-state index contributed by atoms with van der Waals surface area (Å²) < 4.78 is 0. The average Bonchev–Trinajstić information content (AvgIpc) is 1.41. The number of nitrogens with zero attached hydrogens (tertiary/aromatic N) is 1. The molecular weight excluding hydrogens is 66.0 g/mol. The molecule has 0 aromatic carbocycles. The Morgan fingerprint density at radius 2 is 2.60 bits per heavy atom. The Morgan fingerprint density at radius 3 is 2.60 bits per heavy atom. The number of hydrogen-bond donors (Lipinski definition) is 0. The fraction of sp³-hybridized carbons (Fsp3) is 0.667. The summed E-state index contributed by atoms with van der Waals surface area (Å²) in [5, 5.41) is 3.10. The third-order valence-electron chi connectivity index (χ3n) is 0.220. The molecular formula is C3H7NO. The highest BCUT2D eigenvalue weighted by molar-refractivity contribution is 5.21. The lowest BCUT2D eigenvalue weighted by molar-refractivity contribution is 0.161. The average molecular weight is 73.1 g/mol. The van der Waals surface area contributed by atoms with E-state index in [4.69, 9.17) is 0 Å². The first-order valence-electron chi connectivity index (χ1n) is 1.49. The van der Waals surface area contributed by atoms with Crippen LogP contribution in [0.3, 0.4) is 0 Å². The number of hydrogen-bond acceptors (Lipinski definition) is 2. The van der Waals surface area contributed by atoms with Gasteiger partial charge in [0.15, 0.2) is 0 Å². The molecule has 0 rings (SSSR count). The van der Waals surface area contributed by atoms with Gasteiger partial charge in [-0.1, -0.05) is 0 Å². The van der Waals surface area contributed by atoms with Gasteiger partial charge in [0.05, 0.1) is 0 Å². The van der Waals surface area contributed by atoms with Gasteiger partial charge in [-0.25, -0.2) is 0 Å². The van der Waals surface area contributed by atoms with E-state index in [9.17, 15) is 0 Å². The molecule has 2 heteroatoms. The molecule has 0 saturated carbocycles. The molecule has 2 nitrogen and oxygen atoms in total. The first kappa shape index (κ1) is 4.47. The Balaban J connectivity index is 2.40. The van der Waals surface area contributed by atoms with E-state index >= 15 is 0 Å². The molecule has 0 amide bonds. The Hall–Kier alpha value is -0.530. The summed E-state index contributed by atoms with van der Waals surface area (Å²) in [6, 6.07) is 0. The maximum Gasteiger partial charge on any atom is 0.114 e. The normalized spacial score (nSPS) is 6.60. The van der Waals surface area contributed by atoms with Crippen molar-refractivity contribution in [2.75, 3.05) is 6.61 Å². The van der Waals surface area contributed by atoms with Crippen molar-refractivity contribution in [2.45, 2.75) is 6.92 Å². The maximum atomic E-state index is 4.35. The van der Waals surface area contributed by atoms with Crippen molar-refractivity contribution in [3.63, 3.8) is 0 Å². The van der Waals surface area contributed by atoms with Gasteiger partial charge in [0.25, 0.3) is 0 Å². The topological polar surface area (TPSA) is 21.6 Å². The molecule has 0 N–H and O–H groups in total. The van der Waals surface area contributed by atoms with Crippen LogP contribution in [-0.4, -0.2) is 13.3 Å². The van der Waals surface area contributed by atoms with Crippen molar-refractivity contribution in [1.29, 1.82) is 0 Å². The van der Waals surface area contributed by atoms with Gasteiger partial charge in [-0.2, -0.15) is 0 Å². The fourth-order valence-electron chi connectivity index (χ4n) is 0.0913. The SMILES string of the molecule is C=NOCC. The second kappa shape index (κ2) is 3.47. The van der Waals surface area contributed by atoms with Crippen molar-refractivity contribution in [2.24, 2.45) is 5.16 Å². The molecule has 0 aliphatic rings. The van der Waals surface area contributed by atoms with Gasteiger partial charge in [-0.15, -0.1) is 5.16 Å². The molecule has 0 aliphatic carbocycles. The summed E-state index contributed by atoms with van der Waals surface area (Å²) in [4.78, 5) is 4.35. The van der Waals surface area contributed by atoms with Crippen LogP contribution in [0.5, 0.6) is 0 Å². The van der Waals surface area contributed by atoms with E-state index in [2.05, 4.69) is 16.7 Å².